The Kier molecular flexibility index (Phi) is 5.12. The molecule has 8 heteroatoms. The summed E-state index contributed by atoms with van der Waals surface area (Å²) in [5.41, 5.74) is 3.46. The lowest BCUT2D eigenvalue weighted by molar-refractivity contribution is 0.102. The van der Waals surface area contributed by atoms with E-state index < -0.39 is 0 Å². The number of nitrogens with one attached hydrogen (secondary N) is 1. The zero-order valence-electron chi connectivity index (χ0n) is 15.1. The molecule has 1 amide bonds. The first-order valence-corrected chi connectivity index (χ1v) is 9.81. The number of hydrogen-bond donors (Lipinski definition) is 1. The van der Waals surface area contributed by atoms with Crippen molar-refractivity contribution >= 4 is 34.0 Å². The molecular weight excluding hydrogens is 408 g/mol. The number of aromatic nitrogens is 2. The number of thiazole rings is 1. The molecule has 6 nitrogen and oxygen atoms in total. The van der Waals surface area contributed by atoms with Crippen LogP contribution in [-0.4, -0.2) is 16.0 Å². The highest BCUT2D eigenvalue weighted by molar-refractivity contribution is 7.14. The maximum absolute atomic E-state index is 12.9. The number of hydrogen-bond acceptors (Lipinski definition) is 6. The molecular formula is C21H13ClN4O2S. The number of benzene rings is 2. The number of nitrogens with zero attached hydrogens (tertiary/aromatic N) is 3. The first-order valence-electron chi connectivity index (χ1n) is 8.55. The SMILES string of the molecule is Cc1onc(-c2ccccc2Cl)c1C(=O)Nc1nc(-c2ccc(C#N)cc2)cs1. The summed E-state index contributed by atoms with van der Waals surface area (Å²) in [6.07, 6.45) is 0. The number of rotatable bonds is 4. The second-order valence-electron chi connectivity index (χ2n) is 6.12. The van der Waals surface area contributed by atoms with Crippen LogP contribution in [0.1, 0.15) is 21.7 Å². The van der Waals surface area contributed by atoms with Crippen molar-refractivity contribution in [3.05, 3.63) is 75.8 Å². The van der Waals surface area contributed by atoms with Crippen molar-refractivity contribution in [3.63, 3.8) is 0 Å². The van der Waals surface area contributed by atoms with Crippen molar-refractivity contribution in [2.45, 2.75) is 6.92 Å². The largest absolute Gasteiger partial charge is 0.360 e. The van der Waals surface area contributed by atoms with Gasteiger partial charge in [-0.3, -0.25) is 10.1 Å². The zero-order valence-corrected chi connectivity index (χ0v) is 16.7. The lowest BCUT2D eigenvalue weighted by Crippen LogP contribution is -2.13. The lowest BCUT2D eigenvalue weighted by Gasteiger charge is -2.04. The summed E-state index contributed by atoms with van der Waals surface area (Å²) in [7, 11) is 0. The van der Waals surface area contributed by atoms with E-state index >= 15 is 0 Å². The highest BCUT2D eigenvalue weighted by atomic mass is 35.5. The predicted octanol–water partition coefficient (Wildman–Crippen LogP) is 5.55. The lowest BCUT2D eigenvalue weighted by atomic mass is 10.1. The molecule has 0 aliphatic heterocycles. The van der Waals surface area contributed by atoms with Crippen LogP contribution >= 0.6 is 22.9 Å². The number of anilines is 1. The summed E-state index contributed by atoms with van der Waals surface area (Å²) in [6, 6.07) is 16.3. The molecule has 0 atom stereocenters. The minimum absolute atomic E-state index is 0.313. The van der Waals surface area contributed by atoms with Crippen molar-refractivity contribution < 1.29 is 9.32 Å². The van der Waals surface area contributed by atoms with E-state index in [0.29, 0.717) is 44.0 Å². The second-order valence-corrected chi connectivity index (χ2v) is 7.39. The summed E-state index contributed by atoms with van der Waals surface area (Å²) in [6.45, 7) is 1.67. The van der Waals surface area contributed by atoms with E-state index in [2.05, 4.69) is 21.5 Å². The van der Waals surface area contributed by atoms with Crippen LogP contribution in [0.25, 0.3) is 22.5 Å². The number of nitriles is 1. The highest BCUT2D eigenvalue weighted by Crippen LogP contribution is 2.32. The Morgan fingerprint density at radius 3 is 2.69 bits per heavy atom. The summed E-state index contributed by atoms with van der Waals surface area (Å²) >= 11 is 7.56. The van der Waals surface area contributed by atoms with Gasteiger partial charge in [-0.1, -0.05) is 47.1 Å². The van der Waals surface area contributed by atoms with Gasteiger partial charge >= 0.3 is 0 Å². The van der Waals surface area contributed by atoms with Crippen molar-refractivity contribution in [1.29, 1.82) is 5.26 Å². The standard InChI is InChI=1S/C21H13ClN4O2S/c1-12-18(19(26-28-12)15-4-2-3-5-16(15)22)20(27)25-21-24-17(11-29-21)14-8-6-13(10-23)7-9-14/h2-9,11H,1H3,(H,24,25,27). The van der Waals surface area contributed by atoms with E-state index in [4.69, 9.17) is 21.4 Å². The third-order valence-electron chi connectivity index (χ3n) is 4.25. The molecule has 4 aromatic rings. The first-order chi connectivity index (χ1) is 14.1. The molecule has 0 radical (unpaired) electrons. The van der Waals surface area contributed by atoms with E-state index in [9.17, 15) is 4.79 Å². The normalized spacial score (nSPS) is 10.5. The molecule has 0 bridgehead atoms. The van der Waals surface area contributed by atoms with Crippen LogP contribution in [0.5, 0.6) is 0 Å². The van der Waals surface area contributed by atoms with Crippen molar-refractivity contribution in [2.75, 3.05) is 5.32 Å². The van der Waals surface area contributed by atoms with Gasteiger partial charge in [0, 0.05) is 16.5 Å². The molecule has 2 aromatic carbocycles. The third-order valence-corrected chi connectivity index (χ3v) is 5.34. The van der Waals surface area contributed by atoms with Crippen LogP contribution in [0.2, 0.25) is 5.02 Å². The number of carbonyl (C=O) groups is 1. The average molecular weight is 421 g/mol. The molecule has 2 aromatic heterocycles. The van der Waals surface area contributed by atoms with Gasteiger partial charge in [0.1, 0.15) is 17.0 Å². The fourth-order valence-electron chi connectivity index (χ4n) is 2.82. The maximum atomic E-state index is 12.9. The monoisotopic (exact) mass is 420 g/mol. The molecule has 142 valence electrons. The fourth-order valence-corrected chi connectivity index (χ4v) is 3.76. The number of halogens is 1. The van der Waals surface area contributed by atoms with E-state index in [-0.39, 0.29) is 5.91 Å². The van der Waals surface area contributed by atoms with Crippen molar-refractivity contribution in [2.24, 2.45) is 0 Å². The Hall–Kier alpha value is -3.47. The quantitative estimate of drug-likeness (QED) is 0.467. The van der Waals surface area contributed by atoms with Gasteiger partial charge in [-0.05, 0) is 25.1 Å². The van der Waals surface area contributed by atoms with Crippen LogP contribution in [0, 0.1) is 18.3 Å². The Morgan fingerprint density at radius 1 is 1.21 bits per heavy atom. The number of aryl methyl sites for hydroxylation is 1. The van der Waals surface area contributed by atoms with Crippen LogP contribution in [0.4, 0.5) is 5.13 Å². The molecule has 0 fully saturated rings. The molecule has 0 aliphatic rings. The molecule has 1 N–H and O–H groups in total. The van der Waals surface area contributed by atoms with Gasteiger partial charge in [0.2, 0.25) is 0 Å². The van der Waals surface area contributed by atoms with Gasteiger partial charge in [-0.15, -0.1) is 11.3 Å². The molecule has 2 heterocycles. The summed E-state index contributed by atoms with van der Waals surface area (Å²) < 4.78 is 5.25. The third kappa shape index (κ3) is 3.76. The maximum Gasteiger partial charge on any atom is 0.263 e. The van der Waals surface area contributed by atoms with Gasteiger partial charge in [0.25, 0.3) is 5.91 Å². The van der Waals surface area contributed by atoms with Crippen molar-refractivity contribution in [3.8, 4) is 28.6 Å². The van der Waals surface area contributed by atoms with Crippen LogP contribution in [0.3, 0.4) is 0 Å². The van der Waals surface area contributed by atoms with Crippen LogP contribution < -0.4 is 5.32 Å². The van der Waals surface area contributed by atoms with E-state index in [1.165, 1.54) is 11.3 Å². The average Bonchev–Trinajstić information content (AvgIpc) is 3.35. The van der Waals surface area contributed by atoms with Gasteiger partial charge in [-0.2, -0.15) is 5.26 Å². The van der Waals surface area contributed by atoms with E-state index in [0.717, 1.165) is 5.56 Å². The smallest absolute Gasteiger partial charge is 0.263 e. The predicted molar refractivity (Wildman–Crippen MR) is 112 cm³/mol. The van der Waals surface area contributed by atoms with E-state index in [1.807, 2.05) is 23.6 Å². The molecule has 0 spiro atoms. The molecule has 4 rings (SSSR count). The van der Waals surface area contributed by atoms with Crippen LogP contribution in [-0.2, 0) is 0 Å². The molecule has 0 saturated heterocycles. The highest BCUT2D eigenvalue weighted by Gasteiger charge is 2.23. The second kappa shape index (κ2) is 7.87. The summed E-state index contributed by atoms with van der Waals surface area (Å²) in [5.74, 6) is 0.0145. The van der Waals surface area contributed by atoms with Gasteiger partial charge in [-0.25, -0.2) is 4.98 Å². The Morgan fingerprint density at radius 2 is 1.97 bits per heavy atom. The zero-order chi connectivity index (χ0) is 20.4. The summed E-state index contributed by atoms with van der Waals surface area (Å²) in [5, 5.41) is 18.5. The minimum atomic E-state index is -0.376. The Bertz CT molecular complexity index is 1240. The molecule has 29 heavy (non-hydrogen) atoms. The van der Waals surface area contributed by atoms with Gasteiger partial charge in [0.15, 0.2) is 5.13 Å². The van der Waals surface area contributed by atoms with E-state index in [1.54, 1.807) is 37.3 Å². The molecule has 0 aliphatic carbocycles. The summed E-state index contributed by atoms with van der Waals surface area (Å²) in [4.78, 5) is 17.4. The number of amides is 1. The fraction of sp³-hybridized carbons (Fsp3) is 0.0476. The topological polar surface area (TPSA) is 91.8 Å². The molecule has 0 saturated carbocycles. The van der Waals surface area contributed by atoms with Crippen LogP contribution in [0.15, 0.2) is 58.4 Å². The van der Waals surface area contributed by atoms with Gasteiger partial charge < -0.3 is 4.52 Å². The first kappa shape index (κ1) is 18.9. The number of carbonyl (C=O) groups excluding carboxylic acids is 1. The molecule has 0 unspecified atom stereocenters. The Balaban J connectivity index is 1.60. The van der Waals surface area contributed by atoms with Crippen molar-refractivity contribution in [1.82, 2.24) is 10.1 Å². The van der Waals surface area contributed by atoms with Gasteiger partial charge in [0.05, 0.1) is 22.3 Å². The Labute approximate surface area is 175 Å². The minimum Gasteiger partial charge on any atom is -0.360 e.